The molecule has 188 valence electrons. The SMILES string of the molecule is COCc1cccnc1C1(C(=O)NC(C=O)CCOCCCCc2ccc3c(n2)NCCC3)CC1. The van der Waals surface area contributed by atoms with Gasteiger partial charge in [0.15, 0.2) is 0 Å². The van der Waals surface area contributed by atoms with Gasteiger partial charge in [-0.1, -0.05) is 12.1 Å². The number of amides is 1. The van der Waals surface area contributed by atoms with E-state index in [-0.39, 0.29) is 5.91 Å². The smallest absolute Gasteiger partial charge is 0.232 e. The predicted molar refractivity (Wildman–Crippen MR) is 133 cm³/mol. The third kappa shape index (κ3) is 6.44. The molecule has 8 nitrogen and oxygen atoms in total. The predicted octanol–water partition coefficient (Wildman–Crippen LogP) is 3.13. The number of aryl methyl sites for hydroxylation is 2. The Morgan fingerprint density at radius 2 is 2.14 bits per heavy atom. The molecule has 2 N–H and O–H groups in total. The Bertz CT molecular complexity index is 1010. The number of hydrogen-bond donors (Lipinski definition) is 2. The van der Waals surface area contributed by atoms with Crippen LogP contribution >= 0.6 is 0 Å². The second-order valence-corrected chi connectivity index (χ2v) is 9.44. The zero-order valence-corrected chi connectivity index (χ0v) is 20.6. The summed E-state index contributed by atoms with van der Waals surface area (Å²) in [6, 6.07) is 7.52. The van der Waals surface area contributed by atoms with Gasteiger partial charge in [-0.2, -0.15) is 0 Å². The van der Waals surface area contributed by atoms with Crippen molar-refractivity contribution in [2.45, 2.75) is 69.4 Å². The summed E-state index contributed by atoms with van der Waals surface area (Å²) in [5.41, 5.74) is 3.43. The summed E-state index contributed by atoms with van der Waals surface area (Å²) in [4.78, 5) is 33.9. The topological polar surface area (TPSA) is 102 Å². The Labute approximate surface area is 207 Å². The van der Waals surface area contributed by atoms with Gasteiger partial charge in [0.25, 0.3) is 0 Å². The van der Waals surface area contributed by atoms with E-state index in [2.05, 4.69) is 27.8 Å². The highest BCUT2D eigenvalue weighted by Crippen LogP contribution is 2.48. The van der Waals surface area contributed by atoms with Crippen LogP contribution in [0.4, 0.5) is 5.82 Å². The summed E-state index contributed by atoms with van der Waals surface area (Å²) in [6.07, 6.45) is 9.51. The van der Waals surface area contributed by atoms with E-state index in [1.165, 1.54) is 12.0 Å². The van der Waals surface area contributed by atoms with E-state index < -0.39 is 11.5 Å². The first-order valence-electron chi connectivity index (χ1n) is 12.7. The zero-order chi connectivity index (χ0) is 24.5. The molecule has 0 spiro atoms. The van der Waals surface area contributed by atoms with E-state index in [0.717, 1.165) is 74.1 Å². The number of nitrogens with one attached hydrogen (secondary N) is 2. The van der Waals surface area contributed by atoms with Crippen molar-refractivity contribution in [1.82, 2.24) is 15.3 Å². The van der Waals surface area contributed by atoms with Crippen molar-refractivity contribution in [3.63, 3.8) is 0 Å². The molecule has 2 aromatic heterocycles. The van der Waals surface area contributed by atoms with Crippen LogP contribution in [0.3, 0.4) is 0 Å². The number of hydrogen-bond acceptors (Lipinski definition) is 7. The summed E-state index contributed by atoms with van der Waals surface area (Å²) in [5, 5.41) is 6.28. The largest absolute Gasteiger partial charge is 0.381 e. The van der Waals surface area contributed by atoms with E-state index in [1.54, 1.807) is 13.3 Å². The Morgan fingerprint density at radius 1 is 1.26 bits per heavy atom. The maximum atomic E-state index is 13.0. The van der Waals surface area contributed by atoms with E-state index in [1.807, 2.05) is 12.1 Å². The van der Waals surface area contributed by atoms with Gasteiger partial charge in [0, 0.05) is 44.3 Å². The highest BCUT2D eigenvalue weighted by molar-refractivity contribution is 5.92. The van der Waals surface area contributed by atoms with Gasteiger partial charge >= 0.3 is 0 Å². The average molecular weight is 481 g/mol. The molecule has 4 rings (SSSR count). The van der Waals surface area contributed by atoms with Crippen molar-refractivity contribution in [2.24, 2.45) is 0 Å². The molecule has 1 aliphatic heterocycles. The number of fused-ring (bicyclic) bond motifs is 1. The third-order valence-corrected chi connectivity index (χ3v) is 6.81. The molecule has 2 aliphatic rings. The minimum atomic E-state index is -0.655. The molecule has 1 unspecified atom stereocenters. The van der Waals surface area contributed by atoms with Gasteiger partial charge in [0.05, 0.1) is 23.8 Å². The van der Waals surface area contributed by atoms with Crippen LogP contribution in [0, 0.1) is 0 Å². The lowest BCUT2D eigenvalue weighted by molar-refractivity contribution is -0.126. The molecule has 2 aromatic rings. The molecule has 1 saturated carbocycles. The highest BCUT2D eigenvalue weighted by Gasteiger charge is 2.53. The van der Waals surface area contributed by atoms with Gasteiger partial charge in [-0.3, -0.25) is 9.78 Å². The summed E-state index contributed by atoms with van der Waals surface area (Å²) < 4.78 is 11.0. The molecule has 1 fully saturated rings. The fraction of sp³-hybridized carbons (Fsp3) is 0.556. The zero-order valence-electron chi connectivity index (χ0n) is 20.6. The van der Waals surface area contributed by atoms with Gasteiger partial charge in [-0.05, 0) is 69.1 Å². The molecule has 8 heteroatoms. The maximum absolute atomic E-state index is 13.0. The van der Waals surface area contributed by atoms with Crippen LogP contribution in [-0.4, -0.2) is 55.1 Å². The molecule has 0 saturated heterocycles. The fourth-order valence-corrected chi connectivity index (χ4v) is 4.65. The molecular formula is C27H36N4O4. The third-order valence-electron chi connectivity index (χ3n) is 6.81. The molecule has 1 atom stereocenters. The molecule has 1 aliphatic carbocycles. The van der Waals surface area contributed by atoms with Gasteiger partial charge in [-0.25, -0.2) is 4.98 Å². The van der Waals surface area contributed by atoms with Crippen molar-refractivity contribution in [3.8, 4) is 0 Å². The number of methoxy groups -OCH3 is 1. The van der Waals surface area contributed by atoms with Crippen molar-refractivity contribution in [1.29, 1.82) is 0 Å². The number of unbranched alkanes of at least 4 members (excludes halogenated alkanes) is 1. The number of aromatic nitrogens is 2. The number of anilines is 1. The number of aldehydes is 1. The maximum Gasteiger partial charge on any atom is 0.232 e. The van der Waals surface area contributed by atoms with Crippen LogP contribution in [0.2, 0.25) is 0 Å². The lowest BCUT2D eigenvalue weighted by atomic mass is 9.95. The molecule has 3 heterocycles. The summed E-state index contributed by atoms with van der Waals surface area (Å²) in [5.74, 6) is 0.899. The summed E-state index contributed by atoms with van der Waals surface area (Å²) in [6.45, 7) is 2.46. The minimum absolute atomic E-state index is 0.141. The standard InChI is InChI=1S/C27H36N4O4/c1-34-19-21-7-5-14-28-24(21)27(12-13-27)26(33)31-23(18-32)11-17-35-16-3-2-8-22-10-9-20-6-4-15-29-25(20)30-22/h5,7,9-10,14,18,23H,2-4,6,8,11-13,15-17,19H2,1H3,(H,29,30)(H,31,33). The first-order chi connectivity index (χ1) is 17.2. The van der Waals surface area contributed by atoms with Crippen molar-refractivity contribution >= 4 is 18.0 Å². The van der Waals surface area contributed by atoms with Crippen LogP contribution in [0.25, 0.3) is 0 Å². The molecular weight excluding hydrogens is 444 g/mol. The lowest BCUT2D eigenvalue weighted by Crippen LogP contribution is -2.43. The van der Waals surface area contributed by atoms with Crippen LogP contribution in [-0.2, 0) is 43.9 Å². The first kappa shape index (κ1) is 25.3. The van der Waals surface area contributed by atoms with Gasteiger partial charge in [-0.15, -0.1) is 0 Å². The van der Waals surface area contributed by atoms with E-state index in [9.17, 15) is 9.59 Å². The fourth-order valence-electron chi connectivity index (χ4n) is 4.65. The van der Waals surface area contributed by atoms with Crippen molar-refractivity contribution < 1.29 is 19.1 Å². The number of rotatable bonds is 14. The Morgan fingerprint density at radius 3 is 2.94 bits per heavy atom. The monoisotopic (exact) mass is 480 g/mol. The summed E-state index contributed by atoms with van der Waals surface area (Å²) >= 11 is 0. The Kier molecular flexibility index (Phi) is 8.82. The van der Waals surface area contributed by atoms with Crippen molar-refractivity contribution in [3.05, 3.63) is 53.0 Å². The quantitative estimate of drug-likeness (QED) is 0.316. The number of carbonyl (C=O) groups is 2. The second kappa shape index (κ2) is 12.2. The number of nitrogens with zero attached hydrogens (tertiary/aromatic N) is 2. The molecule has 1 amide bonds. The Balaban J connectivity index is 1.15. The molecule has 0 aromatic carbocycles. The molecule has 35 heavy (non-hydrogen) atoms. The average Bonchev–Trinajstić information content (AvgIpc) is 3.70. The summed E-state index contributed by atoms with van der Waals surface area (Å²) in [7, 11) is 1.63. The van der Waals surface area contributed by atoms with Gasteiger partial charge < -0.3 is 24.9 Å². The minimum Gasteiger partial charge on any atom is -0.381 e. The normalized spacial score (nSPS) is 16.6. The lowest BCUT2D eigenvalue weighted by Gasteiger charge is -2.20. The van der Waals surface area contributed by atoms with Crippen molar-refractivity contribution in [2.75, 3.05) is 32.2 Å². The number of carbonyl (C=O) groups excluding carboxylic acids is 2. The number of ether oxygens (including phenoxy) is 2. The first-order valence-corrected chi connectivity index (χ1v) is 12.7. The Hall–Kier alpha value is -2.84. The molecule has 0 radical (unpaired) electrons. The van der Waals surface area contributed by atoms with E-state index in [4.69, 9.17) is 14.5 Å². The van der Waals surface area contributed by atoms with Gasteiger partial charge in [0.1, 0.15) is 12.1 Å². The van der Waals surface area contributed by atoms with E-state index in [0.29, 0.717) is 26.2 Å². The number of pyridine rings is 2. The molecule has 0 bridgehead atoms. The second-order valence-electron chi connectivity index (χ2n) is 9.44. The van der Waals surface area contributed by atoms with Crippen LogP contribution in [0.5, 0.6) is 0 Å². The van der Waals surface area contributed by atoms with Gasteiger partial charge in [0.2, 0.25) is 5.91 Å². The van der Waals surface area contributed by atoms with Crippen LogP contribution in [0.1, 0.15) is 61.0 Å². The van der Waals surface area contributed by atoms with Crippen LogP contribution < -0.4 is 10.6 Å². The van der Waals surface area contributed by atoms with Crippen LogP contribution in [0.15, 0.2) is 30.5 Å². The highest BCUT2D eigenvalue weighted by atomic mass is 16.5. The van der Waals surface area contributed by atoms with E-state index >= 15 is 0 Å².